The average Bonchev–Trinajstić information content (AvgIpc) is 3.50. The summed E-state index contributed by atoms with van der Waals surface area (Å²) in [7, 11) is 0. The molecule has 5 aromatic carbocycles. The Kier molecular flexibility index (Phi) is 7.91. The molecule has 1 aromatic heterocycles. The lowest BCUT2D eigenvalue weighted by Crippen LogP contribution is -2.17. The summed E-state index contributed by atoms with van der Waals surface area (Å²) in [5.41, 5.74) is 9.40. The molecule has 1 heterocycles. The number of benzene rings is 5. The number of rotatable bonds is 9. The molecule has 0 unspecified atom stereocenters. The Morgan fingerprint density at radius 2 is 1.36 bits per heavy atom. The number of aromatic nitrogens is 1. The molecule has 206 valence electrons. The minimum absolute atomic E-state index is 0.284. The molecular weight excluding hydrogens is 518 g/mol. The lowest BCUT2D eigenvalue weighted by atomic mass is 10.0. The molecule has 5 heteroatoms. The number of nitrogens with one attached hydrogen (secondary N) is 1. The number of carbonyl (C=O) groups is 1. The SMILES string of the molecule is CCCOc1ccc2ccccc2c1/C=N\NC(=O)c1ccc(-n2c(-c3ccccc3)ccc2-c2ccccc2)cc1. The highest BCUT2D eigenvalue weighted by atomic mass is 16.5. The first kappa shape index (κ1) is 26.8. The number of ether oxygens (including phenoxy) is 1. The summed E-state index contributed by atoms with van der Waals surface area (Å²) in [5.74, 6) is 0.459. The molecule has 1 amide bonds. The van der Waals surface area contributed by atoms with Crippen LogP contribution in [0.1, 0.15) is 29.3 Å². The van der Waals surface area contributed by atoms with Crippen molar-refractivity contribution in [3.05, 3.63) is 145 Å². The van der Waals surface area contributed by atoms with Crippen LogP contribution in [0.15, 0.2) is 139 Å². The predicted octanol–water partition coefficient (Wildman–Crippen LogP) is 8.52. The van der Waals surface area contributed by atoms with Gasteiger partial charge >= 0.3 is 0 Å². The van der Waals surface area contributed by atoms with Crippen molar-refractivity contribution in [2.24, 2.45) is 5.10 Å². The van der Waals surface area contributed by atoms with Crippen LogP contribution in [-0.4, -0.2) is 23.3 Å². The Hall–Kier alpha value is -5.42. The lowest BCUT2D eigenvalue weighted by Gasteiger charge is -2.15. The summed E-state index contributed by atoms with van der Waals surface area (Å²) in [6.07, 6.45) is 2.57. The highest BCUT2D eigenvalue weighted by Gasteiger charge is 2.14. The highest BCUT2D eigenvalue weighted by molar-refractivity contribution is 6.03. The predicted molar refractivity (Wildman–Crippen MR) is 171 cm³/mol. The van der Waals surface area contributed by atoms with Gasteiger partial charge in [-0.05, 0) is 70.8 Å². The quantitative estimate of drug-likeness (QED) is 0.145. The number of hydrazone groups is 1. The van der Waals surface area contributed by atoms with E-state index in [4.69, 9.17) is 4.74 Å². The van der Waals surface area contributed by atoms with Gasteiger partial charge < -0.3 is 9.30 Å². The normalized spacial score (nSPS) is 11.2. The van der Waals surface area contributed by atoms with Gasteiger partial charge in [-0.25, -0.2) is 5.43 Å². The molecule has 6 rings (SSSR count). The maximum Gasteiger partial charge on any atom is 0.271 e. The zero-order valence-corrected chi connectivity index (χ0v) is 23.4. The van der Waals surface area contributed by atoms with Crippen molar-refractivity contribution in [1.82, 2.24) is 9.99 Å². The Bertz CT molecular complexity index is 1780. The molecule has 0 saturated carbocycles. The van der Waals surface area contributed by atoms with Crippen LogP contribution in [0.4, 0.5) is 0 Å². The zero-order chi connectivity index (χ0) is 28.7. The van der Waals surface area contributed by atoms with Crippen LogP contribution in [-0.2, 0) is 0 Å². The topological polar surface area (TPSA) is 55.6 Å². The first-order valence-corrected chi connectivity index (χ1v) is 14.1. The van der Waals surface area contributed by atoms with Crippen LogP contribution in [0.3, 0.4) is 0 Å². The minimum atomic E-state index is -0.284. The molecule has 5 nitrogen and oxygen atoms in total. The molecule has 1 N–H and O–H groups in total. The van der Waals surface area contributed by atoms with Gasteiger partial charge in [-0.3, -0.25) is 4.79 Å². The summed E-state index contributed by atoms with van der Waals surface area (Å²) < 4.78 is 8.19. The second-order valence-corrected chi connectivity index (χ2v) is 9.96. The Morgan fingerprint density at radius 1 is 0.738 bits per heavy atom. The van der Waals surface area contributed by atoms with E-state index in [-0.39, 0.29) is 5.91 Å². The second-order valence-electron chi connectivity index (χ2n) is 9.96. The van der Waals surface area contributed by atoms with Crippen LogP contribution in [0.25, 0.3) is 39.0 Å². The molecule has 0 fully saturated rings. The molecule has 0 aliphatic carbocycles. The van der Waals surface area contributed by atoms with E-state index in [0.717, 1.165) is 56.7 Å². The van der Waals surface area contributed by atoms with E-state index in [2.05, 4.69) is 58.4 Å². The molecule has 0 bridgehead atoms. The van der Waals surface area contributed by atoms with E-state index in [1.54, 1.807) is 6.21 Å². The van der Waals surface area contributed by atoms with Crippen molar-refractivity contribution < 1.29 is 9.53 Å². The van der Waals surface area contributed by atoms with Gasteiger partial charge in [0.2, 0.25) is 0 Å². The van der Waals surface area contributed by atoms with E-state index < -0.39 is 0 Å². The second kappa shape index (κ2) is 12.4. The summed E-state index contributed by atoms with van der Waals surface area (Å²) in [6, 6.07) is 44.6. The van der Waals surface area contributed by atoms with Crippen molar-refractivity contribution in [3.63, 3.8) is 0 Å². The lowest BCUT2D eigenvalue weighted by molar-refractivity contribution is 0.0955. The van der Waals surface area contributed by atoms with Gasteiger partial charge in [0.25, 0.3) is 5.91 Å². The van der Waals surface area contributed by atoms with Gasteiger partial charge in [0.15, 0.2) is 0 Å². The number of carbonyl (C=O) groups excluding carboxylic acids is 1. The largest absolute Gasteiger partial charge is 0.493 e. The molecular formula is C37H31N3O2. The third-order valence-electron chi connectivity index (χ3n) is 7.16. The van der Waals surface area contributed by atoms with Crippen molar-refractivity contribution >= 4 is 22.9 Å². The summed E-state index contributed by atoms with van der Waals surface area (Å²) in [6.45, 7) is 2.68. The van der Waals surface area contributed by atoms with E-state index in [0.29, 0.717) is 12.2 Å². The van der Waals surface area contributed by atoms with E-state index in [1.807, 2.05) is 97.1 Å². The molecule has 0 aliphatic rings. The Balaban J connectivity index is 1.27. The van der Waals surface area contributed by atoms with Gasteiger partial charge in [-0.15, -0.1) is 0 Å². The smallest absolute Gasteiger partial charge is 0.271 e. The van der Waals surface area contributed by atoms with Gasteiger partial charge in [0.05, 0.1) is 24.2 Å². The molecule has 42 heavy (non-hydrogen) atoms. The summed E-state index contributed by atoms with van der Waals surface area (Å²) >= 11 is 0. The standard InChI is InChI=1S/C37H31N3O2/c1-2-25-42-36-24-19-27-11-9-10-16-32(27)33(36)26-38-39-37(41)30-17-20-31(21-18-30)40-34(28-12-5-3-6-13-28)22-23-35(40)29-14-7-4-8-15-29/h3-24,26H,2,25H2,1H3,(H,39,41)/b38-26-. The van der Waals surface area contributed by atoms with Crippen LogP contribution in [0.2, 0.25) is 0 Å². The van der Waals surface area contributed by atoms with E-state index in [9.17, 15) is 4.79 Å². The Labute approximate surface area is 245 Å². The van der Waals surface area contributed by atoms with Crippen molar-refractivity contribution in [2.45, 2.75) is 13.3 Å². The maximum atomic E-state index is 13.1. The van der Waals surface area contributed by atoms with Crippen LogP contribution >= 0.6 is 0 Å². The number of hydrogen-bond acceptors (Lipinski definition) is 3. The average molecular weight is 550 g/mol. The van der Waals surface area contributed by atoms with Crippen LogP contribution in [0, 0.1) is 0 Å². The maximum absolute atomic E-state index is 13.1. The number of hydrogen-bond donors (Lipinski definition) is 1. The van der Waals surface area contributed by atoms with Crippen molar-refractivity contribution in [1.29, 1.82) is 0 Å². The highest BCUT2D eigenvalue weighted by Crippen LogP contribution is 2.32. The van der Waals surface area contributed by atoms with E-state index in [1.165, 1.54) is 0 Å². The molecule has 6 aromatic rings. The third-order valence-corrected chi connectivity index (χ3v) is 7.16. The van der Waals surface area contributed by atoms with Crippen LogP contribution in [0.5, 0.6) is 5.75 Å². The van der Waals surface area contributed by atoms with Gasteiger partial charge in [0.1, 0.15) is 5.75 Å². The third kappa shape index (κ3) is 5.58. The number of amides is 1. The fourth-order valence-electron chi connectivity index (χ4n) is 5.11. The first-order chi connectivity index (χ1) is 20.7. The van der Waals surface area contributed by atoms with Gasteiger partial charge in [0, 0.05) is 16.8 Å². The molecule has 0 aliphatic heterocycles. The summed E-state index contributed by atoms with van der Waals surface area (Å²) in [4.78, 5) is 13.1. The monoisotopic (exact) mass is 549 g/mol. The Morgan fingerprint density at radius 3 is 2.00 bits per heavy atom. The van der Waals surface area contributed by atoms with Crippen molar-refractivity contribution in [3.8, 4) is 34.0 Å². The van der Waals surface area contributed by atoms with E-state index >= 15 is 0 Å². The number of nitrogens with zero attached hydrogens (tertiary/aromatic N) is 2. The first-order valence-electron chi connectivity index (χ1n) is 14.1. The zero-order valence-electron chi connectivity index (χ0n) is 23.4. The fourth-order valence-corrected chi connectivity index (χ4v) is 5.11. The summed E-state index contributed by atoms with van der Waals surface area (Å²) in [5, 5.41) is 6.41. The van der Waals surface area contributed by atoms with Crippen molar-refractivity contribution in [2.75, 3.05) is 6.61 Å². The minimum Gasteiger partial charge on any atom is -0.493 e. The molecule has 0 radical (unpaired) electrons. The van der Waals surface area contributed by atoms with Gasteiger partial charge in [-0.1, -0.05) is 97.9 Å². The van der Waals surface area contributed by atoms with Gasteiger partial charge in [-0.2, -0.15) is 5.10 Å². The number of fused-ring (bicyclic) bond motifs is 1. The van der Waals surface area contributed by atoms with Crippen LogP contribution < -0.4 is 10.2 Å². The fraction of sp³-hybridized carbons (Fsp3) is 0.0811. The molecule has 0 saturated heterocycles. The molecule has 0 spiro atoms. The molecule has 0 atom stereocenters.